The molecule has 1 heterocycles. The Morgan fingerprint density at radius 2 is 2.14 bits per heavy atom. The van der Waals surface area contributed by atoms with Crippen LogP contribution in [-0.4, -0.2) is 16.3 Å². The number of para-hydroxylation sites is 1. The lowest BCUT2D eigenvalue weighted by atomic mass is 10.1. The van der Waals surface area contributed by atoms with Gasteiger partial charge in [-0.1, -0.05) is 18.2 Å². The summed E-state index contributed by atoms with van der Waals surface area (Å²) in [5, 5.41) is 19.7. The van der Waals surface area contributed by atoms with Crippen LogP contribution in [-0.2, 0) is 0 Å². The van der Waals surface area contributed by atoms with Crippen LogP contribution in [0.15, 0.2) is 30.0 Å². The Morgan fingerprint density at radius 1 is 1.43 bits per heavy atom. The molecule has 1 atom stereocenters. The van der Waals surface area contributed by atoms with Gasteiger partial charge in [-0.2, -0.15) is 0 Å². The minimum absolute atomic E-state index is 0.381. The molecule has 0 spiro atoms. The zero-order valence-electron chi connectivity index (χ0n) is 7.08. The van der Waals surface area contributed by atoms with Gasteiger partial charge in [0.1, 0.15) is 5.75 Å². The van der Waals surface area contributed by atoms with Gasteiger partial charge in [-0.15, -0.1) is 0 Å². The Bertz CT molecular complexity index is 413. The van der Waals surface area contributed by atoms with E-state index in [2.05, 4.69) is 0 Å². The van der Waals surface area contributed by atoms with Crippen LogP contribution in [0, 0.1) is 10.1 Å². The lowest BCUT2D eigenvalue weighted by molar-refractivity contribution is -0.555. The second-order valence-corrected chi connectivity index (χ2v) is 2.86. The van der Waals surface area contributed by atoms with Crippen LogP contribution in [0.4, 0.5) is 0 Å². The van der Waals surface area contributed by atoms with Crippen molar-refractivity contribution in [3.8, 4) is 5.75 Å². The molecule has 0 amide bonds. The Morgan fingerprint density at radius 3 is 2.86 bits per heavy atom. The summed E-state index contributed by atoms with van der Waals surface area (Å²) in [5.41, 5.74) is 0.642. The van der Waals surface area contributed by atoms with E-state index in [0.29, 0.717) is 11.3 Å². The van der Waals surface area contributed by atoms with Gasteiger partial charge in [0, 0.05) is 5.56 Å². The summed E-state index contributed by atoms with van der Waals surface area (Å²) in [4.78, 5) is 9.78. The topological polar surface area (TPSA) is 72.6 Å². The molecule has 1 aromatic rings. The summed E-state index contributed by atoms with van der Waals surface area (Å²) in [6, 6.07) is 6.81. The van der Waals surface area contributed by atoms with Crippen molar-refractivity contribution in [3.05, 3.63) is 45.7 Å². The zero-order chi connectivity index (χ0) is 10.1. The maximum atomic E-state index is 10.5. The highest BCUT2D eigenvalue weighted by atomic mass is 16.7. The summed E-state index contributed by atoms with van der Waals surface area (Å²) in [6.45, 7) is 0. The number of benzene rings is 1. The van der Waals surface area contributed by atoms with E-state index >= 15 is 0 Å². The number of fused-ring (bicyclic) bond motifs is 1. The van der Waals surface area contributed by atoms with E-state index in [1.165, 1.54) is 6.08 Å². The predicted molar refractivity (Wildman–Crippen MR) is 48.5 cm³/mol. The molecular formula is C9H7NO4. The minimum atomic E-state index is -1.48. The first kappa shape index (κ1) is 8.55. The van der Waals surface area contributed by atoms with Crippen molar-refractivity contribution in [3.63, 3.8) is 0 Å². The molecule has 72 valence electrons. The number of ether oxygens (including phenoxy) is 1. The first-order valence-corrected chi connectivity index (χ1v) is 3.98. The van der Waals surface area contributed by atoms with E-state index in [1.807, 2.05) is 0 Å². The van der Waals surface area contributed by atoms with Crippen molar-refractivity contribution in [1.82, 2.24) is 0 Å². The lowest BCUT2D eigenvalue weighted by Crippen LogP contribution is -2.30. The summed E-state index contributed by atoms with van der Waals surface area (Å²) in [5.74, 6) is 0.0284. The van der Waals surface area contributed by atoms with Gasteiger partial charge in [-0.25, -0.2) is 0 Å². The number of hydrogen-bond acceptors (Lipinski definition) is 4. The summed E-state index contributed by atoms with van der Waals surface area (Å²) in [6.07, 6.45) is -0.142. The van der Waals surface area contributed by atoms with Crippen molar-refractivity contribution < 1.29 is 14.8 Å². The fraction of sp³-hybridized carbons (Fsp3) is 0.111. The molecule has 0 bridgehead atoms. The molecule has 0 saturated heterocycles. The quantitative estimate of drug-likeness (QED) is 0.542. The molecule has 0 saturated carbocycles. The maximum absolute atomic E-state index is 10.5. The fourth-order valence-electron chi connectivity index (χ4n) is 1.27. The third-order valence-corrected chi connectivity index (χ3v) is 1.91. The van der Waals surface area contributed by atoms with Gasteiger partial charge in [0.25, 0.3) is 0 Å². The van der Waals surface area contributed by atoms with Crippen LogP contribution in [0.1, 0.15) is 5.56 Å². The molecule has 5 heteroatoms. The van der Waals surface area contributed by atoms with E-state index < -0.39 is 11.2 Å². The van der Waals surface area contributed by atoms with Crippen molar-refractivity contribution in [2.75, 3.05) is 0 Å². The lowest BCUT2D eigenvalue weighted by Gasteiger charge is -2.17. The minimum Gasteiger partial charge on any atom is -0.503 e. The molecule has 0 fully saturated rings. The van der Waals surface area contributed by atoms with E-state index in [9.17, 15) is 15.2 Å². The fourth-order valence-corrected chi connectivity index (χ4v) is 1.27. The summed E-state index contributed by atoms with van der Waals surface area (Å²) in [7, 11) is 0. The van der Waals surface area contributed by atoms with Crippen LogP contribution in [0.3, 0.4) is 0 Å². The molecule has 5 nitrogen and oxygen atoms in total. The highest BCUT2D eigenvalue weighted by Crippen LogP contribution is 2.28. The van der Waals surface area contributed by atoms with Crippen molar-refractivity contribution in [2.45, 2.75) is 6.23 Å². The first-order chi connectivity index (χ1) is 6.68. The summed E-state index contributed by atoms with van der Waals surface area (Å²) >= 11 is 0. The van der Waals surface area contributed by atoms with Gasteiger partial charge in [-0.3, -0.25) is 10.1 Å². The molecule has 2 rings (SSSR count). The monoisotopic (exact) mass is 193 g/mol. The van der Waals surface area contributed by atoms with E-state index in [0.717, 1.165) is 0 Å². The number of aliphatic hydroxyl groups excluding tert-OH is 1. The molecule has 0 radical (unpaired) electrons. The molecule has 0 aliphatic carbocycles. The molecule has 1 unspecified atom stereocenters. The van der Waals surface area contributed by atoms with Crippen LogP contribution in [0.25, 0.3) is 6.08 Å². The van der Waals surface area contributed by atoms with Crippen LogP contribution in [0.5, 0.6) is 5.75 Å². The highest BCUT2D eigenvalue weighted by Gasteiger charge is 2.31. The molecule has 1 aromatic carbocycles. The van der Waals surface area contributed by atoms with Crippen molar-refractivity contribution in [2.24, 2.45) is 0 Å². The second-order valence-electron chi connectivity index (χ2n) is 2.86. The molecule has 1 aliphatic rings. The molecule has 1 aliphatic heterocycles. The van der Waals surface area contributed by atoms with Crippen molar-refractivity contribution in [1.29, 1.82) is 0 Å². The summed E-state index contributed by atoms with van der Waals surface area (Å²) < 4.78 is 4.99. The van der Waals surface area contributed by atoms with E-state index in [-0.39, 0.29) is 5.76 Å². The zero-order valence-corrected chi connectivity index (χ0v) is 7.08. The Labute approximate surface area is 79.4 Å². The van der Waals surface area contributed by atoms with Gasteiger partial charge in [0.2, 0.25) is 5.76 Å². The Balaban J connectivity index is 2.43. The number of aliphatic hydroxyl groups is 1. The number of nitro groups is 1. The maximum Gasteiger partial charge on any atom is 0.412 e. The molecule has 1 N–H and O–H groups in total. The SMILES string of the molecule is O=[N+]([O-])C1Oc2ccccc2C=C1O. The largest absolute Gasteiger partial charge is 0.503 e. The molecule has 14 heavy (non-hydrogen) atoms. The standard InChI is InChI=1S/C9H7NO4/c11-7-5-6-3-1-2-4-8(6)14-9(7)10(12)13/h1-5,9,11H. The average molecular weight is 193 g/mol. The second kappa shape index (κ2) is 3.02. The van der Waals surface area contributed by atoms with Gasteiger partial charge >= 0.3 is 6.23 Å². The Hall–Kier alpha value is -2.04. The van der Waals surface area contributed by atoms with Gasteiger partial charge in [0.05, 0.1) is 4.92 Å². The van der Waals surface area contributed by atoms with E-state index in [4.69, 9.17) is 4.74 Å². The number of rotatable bonds is 1. The molecule has 0 aromatic heterocycles. The van der Waals surface area contributed by atoms with Crippen LogP contribution >= 0.6 is 0 Å². The van der Waals surface area contributed by atoms with Gasteiger partial charge in [-0.05, 0) is 12.1 Å². The number of hydrogen-bond donors (Lipinski definition) is 1. The van der Waals surface area contributed by atoms with Gasteiger partial charge < -0.3 is 9.84 Å². The predicted octanol–water partition coefficient (Wildman–Crippen LogP) is 1.58. The highest BCUT2D eigenvalue weighted by molar-refractivity contribution is 5.60. The normalized spacial score (nSPS) is 19.1. The van der Waals surface area contributed by atoms with Crippen LogP contribution < -0.4 is 4.74 Å². The van der Waals surface area contributed by atoms with E-state index in [1.54, 1.807) is 24.3 Å². The smallest absolute Gasteiger partial charge is 0.412 e. The third-order valence-electron chi connectivity index (χ3n) is 1.91. The van der Waals surface area contributed by atoms with Crippen LogP contribution in [0.2, 0.25) is 0 Å². The third kappa shape index (κ3) is 1.28. The molecular weight excluding hydrogens is 186 g/mol. The Kier molecular flexibility index (Phi) is 1.85. The number of nitrogens with zero attached hydrogens (tertiary/aromatic N) is 1. The van der Waals surface area contributed by atoms with Crippen molar-refractivity contribution >= 4 is 6.08 Å². The first-order valence-electron chi connectivity index (χ1n) is 3.98. The average Bonchev–Trinajstić information content (AvgIpc) is 2.16. The van der Waals surface area contributed by atoms with Gasteiger partial charge in [0.15, 0.2) is 0 Å².